The normalized spacial score (nSPS) is 21.0. The van der Waals surface area contributed by atoms with Crippen molar-refractivity contribution in [2.24, 2.45) is 0 Å². The molecule has 100 valence electrons. The van der Waals surface area contributed by atoms with Crippen molar-refractivity contribution >= 4 is 21.6 Å². The predicted octanol–water partition coefficient (Wildman–Crippen LogP) is 2.10. The number of halogens is 1. The number of rotatable bonds is 3. The average molecular weight is 312 g/mol. The molecule has 2 rings (SSSR count). The van der Waals surface area contributed by atoms with E-state index in [1.165, 1.54) is 15.7 Å². The average Bonchev–Trinajstić information content (AvgIpc) is 2.35. The Bertz CT molecular complexity index is 408. The minimum Gasteiger partial charge on any atom is -0.373 e. The molecular weight excluding hydrogens is 290 g/mol. The highest BCUT2D eigenvalue weighted by molar-refractivity contribution is 9.10. The fourth-order valence-corrected chi connectivity index (χ4v) is 2.60. The van der Waals surface area contributed by atoms with Crippen LogP contribution in [-0.2, 0) is 0 Å². The number of piperazine rings is 1. The molecule has 1 unspecified atom stereocenters. The molecule has 3 nitrogen and oxygen atoms in total. The molecule has 0 radical (unpaired) electrons. The quantitative estimate of drug-likeness (QED) is 0.922. The van der Waals surface area contributed by atoms with Gasteiger partial charge in [-0.2, -0.15) is 0 Å². The summed E-state index contributed by atoms with van der Waals surface area (Å²) in [6, 6.07) is 7.13. The van der Waals surface area contributed by atoms with Crippen molar-refractivity contribution in [2.45, 2.75) is 13.0 Å². The highest BCUT2D eigenvalue weighted by atomic mass is 79.9. The van der Waals surface area contributed by atoms with Gasteiger partial charge in [0.15, 0.2) is 0 Å². The lowest BCUT2D eigenvalue weighted by Crippen LogP contribution is -2.53. The molecule has 0 saturated carbocycles. The van der Waals surface area contributed by atoms with Gasteiger partial charge in [-0.25, -0.2) is 0 Å². The van der Waals surface area contributed by atoms with Gasteiger partial charge < -0.3 is 10.2 Å². The summed E-state index contributed by atoms with van der Waals surface area (Å²) in [7, 11) is 4.39. The van der Waals surface area contributed by atoms with Crippen molar-refractivity contribution < 1.29 is 0 Å². The van der Waals surface area contributed by atoms with Gasteiger partial charge in [0.1, 0.15) is 0 Å². The van der Waals surface area contributed by atoms with Gasteiger partial charge in [0.2, 0.25) is 0 Å². The van der Waals surface area contributed by atoms with Crippen LogP contribution in [0.4, 0.5) is 5.69 Å². The molecule has 1 saturated heterocycles. The second-order valence-electron chi connectivity index (χ2n) is 5.15. The Morgan fingerprint density at radius 1 is 1.50 bits per heavy atom. The molecule has 0 aliphatic carbocycles. The minimum absolute atomic E-state index is 0.590. The maximum atomic E-state index is 3.55. The lowest BCUT2D eigenvalue weighted by molar-refractivity contribution is 0.204. The van der Waals surface area contributed by atoms with E-state index >= 15 is 0 Å². The zero-order chi connectivity index (χ0) is 13.1. The van der Waals surface area contributed by atoms with E-state index in [1.807, 2.05) is 0 Å². The Hall–Kier alpha value is -0.580. The third-order valence-electron chi connectivity index (χ3n) is 3.71. The van der Waals surface area contributed by atoms with Crippen LogP contribution in [0, 0.1) is 6.92 Å². The van der Waals surface area contributed by atoms with Crippen molar-refractivity contribution in [2.75, 3.05) is 45.2 Å². The fourth-order valence-electron chi connectivity index (χ4n) is 2.35. The number of hydrogen-bond acceptors (Lipinski definition) is 3. The van der Waals surface area contributed by atoms with E-state index in [-0.39, 0.29) is 0 Å². The summed E-state index contributed by atoms with van der Waals surface area (Å²) in [5, 5.41) is 3.47. The maximum Gasteiger partial charge on any atom is 0.0393 e. The fraction of sp³-hybridized carbons (Fsp3) is 0.571. The molecule has 1 fully saturated rings. The van der Waals surface area contributed by atoms with Gasteiger partial charge in [-0.3, -0.25) is 4.90 Å². The van der Waals surface area contributed by atoms with E-state index in [2.05, 4.69) is 70.3 Å². The monoisotopic (exact) mass is 311 g/mol. The number of nitrogens with one attached hydrogen (secondary N) is 1. The van der Waals surface area contributed by atoms with Crippen molar-refractivity contribution in [3.05, 3.63) is 28.2 Å². The highest BCUT2D eigenvalue weighted by Gasteiger charge is 2.20. The second-order valence-corrected chi connectivity index (χ2v) is 6.01. The van der Waals surface area contributed by atoms with Crippen LogP contribution in [0.3, 0.4) is 0 Å². The molecule has 1 aromatic carbocycles. The Labute approximate surface area is 118 Å². The minimum atomic E-state index is 0.590. The summed E-state index contributed by atoms with van der Waals surface area (Å²) < 4.78 is 1.18. The van der Waals surface area contributed by atoms with Gasteiger partial charge in [-0.1, -0.05) is 15.9 Å². The van der Waals surface area contributed by atoms with Crippen LogP contribution in [0.5, 0.6) is 0 Å². The maximum absolute atomic E-state index is 3.55. The SMILES string of the molecule is Cc1cc(N(C)CC2CNCCN2C)ccc1Br. The molecule has 1 aliphatic heterocycles. The summed E-state index contributed by atoms with van der Waals surface area (Å²) in [4.78, 5) is 4.78. The van der Waals surface area contributed by atoms with Crippen LogP contribution in [0.2, 0.25) is 0 Å². The number of aryl methyl sites for hydroxylation is 1. The first-order valence-corrected chi connectivity index (χ1v) is 7.25. The van der Waals surface area contributed by atoms with E-state index in [0.717, 1.165) is 26.2 Å². The summed E-state index contributed by atoms with van der Waals surface area (Å²) in [6.45, 7) is 6.52. The van der Waals surface area contributed by atoms with Gasteiger partial charge >= 0.3 is 0 Å². The Kier molecular flexibility index (Phi) is 4.65. The molecule has 0 spiro atoms. The molecule has 1 N–H and O–H groups in total. The predicted molar refractivity (Wildman–Crippen MR) is 81.4 cm³/mol. The smallest absolute Gasteiger partial charge is 0.0393 e. The zero-order valence-electron chi connectivity index (χ0n) is 11.4. The summed E-state index contributed by atoms with van der Waals surface area (Å²) in [5.41, 5.74) is 2.57. The second kappa shape index (κ2) is 6.04. The molecule has 0 amide bonds. The van der Waals surface area contributed by atoms with E-state index in [0.29, 0.717) is 6.04 Å². The number of hydrogen-bond donors (Lipinski definition) is 1. The summed E-state index contributed by atoms with van der Waals surface area (Å²) in [6.07, 6.45) is 0. The van der Waals surface area contributed by atoms with E-state index in [1.54, 1.807) is 0 Å². The van der Waals surface area contributed by atoms with E-state index < -0.39 is 0 Å². The third kappa shape index (κ3) is 3.25. The first-order chi connectivity index (χ1) is 8.58. The lowest BCUT2D eigenvalue weighted by atomic mass is 10.1. The van der Waals surface area contributed by atoms with Gasteiger partial charge in [0, 0.05) is 49.4 Å². The van der Waals surface area contributed by atoms with Gasteiger partial charge in [0.05, 0.1) is 0 Å². The van der Waals surface area contributed by atoms with Crippen LogP contribution in [0.25, 0.3) is 0 Å². The van der Waals surface area contributed by atoms with Crippen LogP contribution in [0.1, 0.15) is 5.56 Å². The van der Waals surface area contributed by atoms with Gasteiger partial charge in [-0.15, -0.1) is 0 Å². The molecule has 0 bridgehead atoms. The molecule has 18 heavy (non-hydrogen) atoms. The van der Waals surface area contributed by atoms with Crippen molar-refractivity contribution in [3.8, 4) is 0 Å². The zero-order valence-corrected chi connectivity index (χ0v) is 13.0. The van der Waals surface area contributed by atoms with Crippen LogP contribution < -0.4 is 10.2 Å². The largest absolute Gasteiger partial charge is 0.373 e. The topological polar surface area (TPSA) is 18.5 Å². The van der Waals surface area contributed by atoms with Crippen molar-refractivity contribution in [3.63, 3.8) is 0 Å². The van der Waals surface area contributed by atoms with Crippen LogP contribution in [0.15, 0.2) is 22.7 Å². The van der Waals surface area contributed by atoms with Crippen molar-refractivity contribution in [1.29, 1.82) is 0 Å². The van der Waals surface area contributed by atoms with E-state index in [9.17, 15) is 0 Å². The van der Waals surface area contributed by atoms with Crippen LogP contribution >= 0.6 is 15.9 Å². The molecule has 1 atom stereocenters. The first kappa shape index (κ1) is 13.8. The standard InChI is InChI=1S/C14H22BrN3/c1-11-8-12(4-5-14(11)15)18(3)10-13-9-16-6-7-17(13)2/h4-5,8,13,16H,6-7,9-10H2,1-3H3. The van der Waals surface area contributed by atoms with E-state index in [4.69, 9.17) is 0 Å². The number of benzene rings is 1. The lowest BCUT2D eigenvalue weighted by Gasteiger charge is -2.36. The third-order valence-corrected chi connectivity index (χ3v) is 4.60. The van der Waals surface area contributed by atoms with Crippen molar-refractivity contribution in [1.82, 2.24) is 10.2 Å². The summed E-state index contributed by atoms with van der Waals surface area (Å²) in [5.74, 6) is 0. The number of anilines is 1. The number of nitrogens with zero attached hydrogens (tertiary/aromatic N) is 2. The van der Waals surface area contributed by atoms with Crippen LogP contribution in [-0.4, -0.2) is 51.2 Å². The van der Waals surface area contributed by atoms with Gasteiger partial charge in [-0.05, 0) is 37.7 Å². The number of likely N-dealkylation sites (N-methyl/N-ethyl adjacent to an activating group) is 2. The first-order valence-electron chi connectivity index (χ1n) is 6.46. The molecular formula is C14H22BrN3. The molecule has 1 aromatic rings. The molecule has 1 aliphatic rings. The molecule has 0 aromatic heterocycles. The Balaban J connectivity index is 2.02. The Morgan fingerprint density at radius 2 is 2.28 bits per heavy atom. The summed E-state index contributed by atoms with van der Waals surface area (Å²) >= 11 is 3.55. The highest BCUT2D eigenvalue weighted by Crippen LogP contribution is 2.22. The Morgan fingerprint density at radius 3 is 2.94 bits per heavy atom. The molecule has 1 heterocycles. The van der Waals surface area contributed by atoms with Gasteiger partial charge in [0.25, 0.3) is 0 Å². The molecule has 4 heteroatoms.